The average molecular weight is 637 g/mol. The van der Waals surface area contributed by atoms with Gasteiger partial charge in [-0.3, -0.25) is 9.59 Å². The highest BCUT2D eigenvalue weighted by atomic mass is 35.5. The van der Waals surface area contributed by atoms with Crippen molar-refractivity contribution in [2.75, 3.05) is 12.0 Å². The number of hydrogen-bond acceptors (Lipinski definition) is 6. The number of hydrogen-bond donors (Lipinski definition) is 2. The molecule has 0 saturated heterocycles. The van der Waals surface area contributed by atoms with Gasteiger partial charge in [0.1, 0.15) is 6.04 Å². The zero-order chi connectivity index (χ0) is 30.8. The summed E-state index contributed by atoms with van der Waals surface area (Å²) in [6.45, 7) is 2.76. The van der Waals surface area contributed by atoms with E-state index in [-0.39, 0.29) is 11.3 Å². The number of aryl methyl sites for hydroxylation is 1. The van der Waals surface area contributed by atoms with Crippen LogP contribution >= 0.6 is 23.4 Å². The van der Waals surface area contributed by atoms with Gasteiger partial charge in [0.15, 0.2) is 0 Å². The van der Waals surface area contributed by atoms with Crippen molar-refractivity contribution in [2.24, 2.45) is 0 Å². The molecule has 0 bridgehead atoms. The van der Waals surface area contributed by atoms with E-state index in [9.17, 15) is 18.0 Å². The van der Waals surface area contributed by atoms with E-state index in [1.165, 1.54) is 36.0 Å². The summed E-state index contributed by atoms with van der Waals surface area (Å²) in [5.74, 6) is -0.775. The molecule has 0 fully saturated rings. The lowest BCUT2D eigenvalue weighted by molar-refractivity contribution is -0.121. The number of nitrogens with one attached hydrogen (secondary N) is 2. The van der Waals surface area contributed by atoms with Crippen molar-refractivity contribution in [3.05, 3.63) is 124 Å². The monoisotopic (exact) mass is 636 g/mol. The Labute approximate surface area is 262 Å². The molecule has 0 aliphatic heterocycles. The van der Waals surface area contributed by atoms with Crippen molar-refractivity contribution < 1.29 is 22.7 Å². The first-order chi connectivity index (χ1) is 20.7. The summed E-state index contributed by atoms with van der Waals surface area (Å²) in [5, 5.41) is 3.15. The molecule has 43 heavy (non-hydrogen) atoms. The van der Waals surface area contributed by atoms with E-state index in [1.807, 2.05) is 79.9 Å². The second-order valence-corrected chi connectivity index (χ2v) is 13.0. The Bertz CT molecular complexity index is 1660. The lowest BCUT2D eigenvalue weighted by Crippen LogP contribution is -2.48. The summed E-state index contributed by atoms with van der Waals surface area (Å²) in [4.78, 5) is 26.8. The minimum absolute atomic E-state index is 0.105. The fourth-order valence-corrected chi connectivity index (χ4v) is 6.07. The molecule has 224 valence electrons. The van der Waals surface area contributed by atoms with Gasteiger partial charge in [0.2, 0.25) is 0 Å². The molecule has 4 aromatic carbocycles. The molecule has 7 nitrogen and oxygen atoms in total. The van der Waals surface area contributed by atoms with Crippen LogP contribution in [-0.4, -0.2) is 38.3 Å². The minimum atomic E-state index is -4.17. The van der Waals surface area contributed by atoms with Crippen LogP contribution in [0.2, 0.25) is 5.02 Å². The van der Waals surface area contributed by atoms with Gasteiger partial charge in [-0.25, -0.2) is 13.1 Å². The quantitative estimate of drug-likeness (QED) is 0.176. The summed E-state index contributed by atoms with van der Waals surface area (Å²) >= 11 is 7.37. The normalized spacial score (nSPS) is 12.0. The molecule has 2 amide bonds. The summed E-state index contributed by atoms with van der Waals surface area (Å²) in [5.41, 5.74) is 4.84. The second-order valence-electron chi connectivity index (χ2n) is 9.90. The molecule has 0 heterocycles. The number of thioether (sulfide) groups is 1. The van der Waals surface area contributed by atoms with Crippen molar-refractivity contribution >= 4 is 45.2 Å². The van der Waals surface area contributed by atoms with Crippen molar-refractivity contribution in [2.45, 2.75) is 37.5 Å². The molecule has 4 aromatic rings. The number of carbonyl (C=O) groups excluding carboxylic acids is 2. The van der Waals surface area contributed by atoms with Crippen LogP contribution in [0.3, 0.4) is 0 Å². The average Bonchev–Trinajstić information content (AvgIpc) is 3.00. The zero-order valence-electron chi connectivity index (χ0n) is 23.9. The van der Waals surface area contributed by atoms with Crippen molar-refractivity contribution in [1.82, 2.24) is 10.0 Å². The van der Waals surface area contributed by atoms with E-state index in [1.54, 1.807) is 6.07 Å². The number of benzene rings is 4. The number of amides is 2. The molecule has 1 unspecified atom stereocenters. The minimum Gasteiger partial charge on any atom is -0.372 e. The molecule has 0 spiro atoms. The van der Waals surface area contributed by atoms with Gasteiger partial charge in [0, 0.05) is 10.6 Å². The van der Waals surface area contributed by atoms with Crippen LogP contribution in [0.25, 0.3) is 11.1 Å². The van der Waals surface area contributed by atoms with E-state index in [2.05, 4.69) is 10.0 Å². The zero-order valence-corrected chi connectivity index (χ0v) is 26.3. The van der Waals surface area contributed by atoms with Gasteiger partial charge in [-0.1, -0.05) is 72.3 Å². The summed E-state index contributed by atoms with van der Waals surface area (Å²) in [6.07, 6.45) is 2.11. The van der Waals surface area contributed by atoms with Crippen molar-refractivity contribution in [1.29, 1.82) is 0 Å². The number of carbonyl (C=O) groups is 2. The van der Waals surface area contributed by atoms with Crippen LogP contribution in [-0.2, 0) is 32.8 Å². The van der Waals surface area contributed by atoms with Crippen LogP contribution in [0.5, 0.6) is 0 Å². The van der Waals surface area contributed by atoms with Crippen molar-refractivity contribution in [3.63, 3.8) is 0 Å². The Balaban J connectivity index is 1.57. The van der Waals surface area contributed by atoms with Gasteiger partial charge in [0.25, 0.3) is 21.8 Å². The Morgan fingerprint density at radius 1 is 0.860 bits per heavy atom. The third kappa shape index (κ3) is 8.93. The van der Waals surface area contributed by atoms with Crippen molar-refractivity contribution in [3.8, 4) is 11.1 Å². The molecule has 0 saturated carbocycles. The molecule has 0 aromatic heterocycles. The molecular weight excluding hydrogens is 604 g/mol. The number of halogens is 1. The fraction of sp³-hybridized carbons (Fsp3) is 0.212. The summed E-state index contributed by atoms with van der Waals surface area (Å²) in [7, 11) is -4.17. The molecule has 0 aliphatic rings. The second kappa shape index (κ2) is 15.2. The maximum atomic E-state index is 13.7. The molecule has 0 radical (unpaired) electrons. The smallest absolute Gasteiger partial charge is 0.264 e. The van der Waals surface area contributed by atoms with E-state index < -0.39 is 27.9 Å². The summed E-state index contributed by atoms with van der Waals surface area (Å²) in [6, 6.07) is 27.5. The first-order valence-corrected chi connectivity index (χ1v) is 16.9. The Kier molecular flexibility index (Phi) is 11.4. The lowest BCUT2D eigenvalue weighted by atomic mass is 9.93. The maximum absolute atomic E-state index is 13.7. The lowest BCUT2D eigenvalue weighted by Gasteiger charge is -2.20. The predicted molar refractivity (Wildman–Crippen MR) is 173 cm³/mol. The molecular formula is C33H33ClN2O5S2. The number of rotatable bonds is 13. The highest BCUT2D eigenvalue weighted by molar-refractivity contribution is 7.98. The van der Waals surface area contributed by atoms with E-state index in [4.69, 9.17) is 16.3 Å². The molecule has 0 aliphatic carbocycles. The van der Waals surface area contributed by atoms with Crippen LogP contribution < -0.4 is 10.0 Å². The molecule has 4 rings (SSSR count). The third-order valence-corrected chi connectivity index (χ3v) is 8.99. The number of ether oxygens (including phenoxy) is 1. The Morgan fingerprint density at radius 2 is 1.53 bits per heavy atom. The fourth-order valence-electron chi connectivity index (χ4n) is 4.45. The first kappa shape index (κ1) is 32.3. The van der Waals surface area contributed by atoms with Gasteiger partial charge in [-0.05, 0) is 89.6 Å². The predicted octanol–water partition coefficient (Wildman–Crippen LogP) is 6.39. The molecule has 2 N–H and O–H groups in total. The van der Waals surface area contributed by atoms with E-state index in [0.717, 1.165) is 22.3 Å². The van der Waals surface area contributed by atoms with E-state index >= 15 is 0 Å². The van der Waals surface area contributed by atoms with Gasteiger partial charge in [-0.15, -0.1) is 0 Å². The van der Waals surface area contributed by atoms with Gasteiger partial charge < -0.3 is 10.1 Å². The van der Waals surface area contributed by atoms with Crippen LogP contribution in [0.4, 0.5) is 0 Å². The Morgan fingerprint density at radius 3 is 2.23 bits per heavy atom. The third-order valence-electron chi connectivity index (χ3n) is 6.74. The van der Waals surface area contributed by atoms with Crippen LogP contribution in [0.1, 0.15) is 33.5 Å². The standard InChI is InChI=1S/C33H33ClN2O5S2/c1-23-8-6-7-11-28(23)30-20-25(22-41-21-24-9-4-3-5-10-24)12-17-29(30)32(37)35-31(18-19-42-2)33(38)36-43(39,40)27-15-13-26(34)14-16-27/h3-17,20,31H,18-19,21-22H2,1-2H3,(H,35,37)(H,36,38). The van der Waals surface area contributed by atoms with Crippen LogP contribution in [0, 0.1) is 6.92 Å². The molecule has 1 atom stereocenters. The molecule has 10 heteroatoms. The first-order valence-electron chi connectivity index (χ1n) is 13.6. The van der Waals surface area contributed by atoms with Crippen LogP contribution in [0.15, 0.2) is 102 Å². The maximum Gasteiger partial charge on any atom is 0.264 e. The largest absolute Gasteiger partial charge is 0.372 e. The van der Waals surface area contributed by atoms with Gasteiger partial charge in [-0.2, -0.15) is 11.8 Å². The summed E-state index contributed by atoms with van der Waals surface area (Å²) < 4.78 is 33.8. The highest BCUT2D eigenvalue weighted by Gasteiger charge is 2.27. The topological polar surface area (TPSA) is 102 Å². The van der Waals surface area contributed by atoms with E-state index in [0.29, 0.717) is 35.1 Å². The number of sulfonamides is 1. The van der Waals surface area contributed by atoms with Gasteiger partial charge >= 0.3 is 0 Å². The highest BCUT2D eigenvalue weighted by Crippen LogP contribution is 2.29. The SMILES string of the molecule is CSCCC(NC(=O)c1ccc(COCc2ccccc2)cc1-c1ccccc1C)C(=O)NS(=O)(=O)c1ccc(Cl)cc1. The Hall–Kier alpha value is -3.63. The van der Waals surface area contributed by atoms with Gasteiger partial charge in [0.05, 0.1) is 18.1 Å².